The van der Waals surface area contributed by atoms with Gasteiger partial charge in [-0.25, -0.2) is 4.98 Å². The summed E-state index contributed by atoms with van der Waals surface area (Å²) in [6.07, 6.45) is 0. The minimum absolute atomic E-state index is 0.466. The second-order valence-electron chi connectivity index (χ2n) is 15.3. The molecule has 0 N–H and O–H groups in total. The summed E-state index contributed by atoms with van der Waals surface area (Å²) < 4.78 is 0. The number of fused-ring (bicyclic) bond motifs is 13. The fourth-order valence-corrected chi connectivity index (χ4v) is 10.1. The molecule has 0 saturated carbocycles. The van der Waals surface area contributed by atoms with Crippen LogP contribution in [0.25, 0.3) is 87.5 Å². The van der Waals surface area contributed by atoms with Crippen LogP contribution in [0.1, 0.15) is 22.3 Å². The van der Waals surface area contributed by atoms with Crippen molar-refractivity contribution in [1.82, 2.24) is 4.98 Å². The number of aromatic nitrogens is 1. The highest BCUT2D eigenvalue weighted by Crippen LogP contribution is 2.58. The van der Waals surface area contributed by atoms with Crippen LogP contribution in [0.2, 0.25) is 0 Å². The Hall–Kier alpha value is -7.35. The van der Waals surface area contributed by atoms with E-state index in [9.17, 15) is 0 Å². The highest BCUT2D eigenvalue weighted by atomic mass is 14.7. The van der Waals surface area contributed by atoms with Crippen molar-refractivity contribution in [2.24, 2.45) is 0 Å². The van der Waals surface area contributed by atoms with E-state index in [-0.39, 0.29) is 0 Å². The summed E-state index contributed by atoms with van der Waals surface area (Å²) in [7, 11) is 0. The Bertz CT molecular complexity index is 3310. The molecule has 1 aliphatic carbocycles. The average Bonchev–Trinajstić information content (AvgIpc) is 3.60. The van der Waals surface area contributed by atoms with Gasteiger partial charge in [0.2, 0.25) is 0 Å². The van der Waals surface area contributed by atoms with E-state index in [4.69, 9.17) is 4.98 Å². The summed E-state index contributed by atoms with van der Waals surface area (Å²) in [5, 5.41) is 11.3. The first-order valence-electron chi connectivity index (χ1n) is 19.8. The monoisotopic (exact) mass is 721 g/mol. The molecule has 264 valence electrons. The molecule has 1 aliphatic rings. The topological polar surface area (TPSA) is 12.9 Å². The van der Waals surface area contributed by atoms with Gasteiger partial charge in [0.05, 0.1) is 16.6 Å². The molecule has 11 aromatic rings. The average molecular weight is 722 g/mol. The fraction of sp³-hybridized carbons (Fsp3) is 0.0179. The van der Waals surface area contributed by atoms with E-state index >= 15 is 0 Å². The second-order valence-corrected chi connectivity index (χ2v) is 15.3. The Morgan fingerprint density at radius 1 is 0.316 bits per heavy atom. The molecule has 10 aromatic carbocycles. The first-order chi connectivity index (χ1) is 28.3. The Labute approximate surface area is 331 Å². The predicted octanol–water partition coefficient (Wildman–Crippen LogP) is 14.5. The van der Waals surface area contributed by atoms with Crippen LogP contribution < -0.4 is 0 Å². The number of rotatable bonds is 4. The molecule has 0 aliphatic heterocycles. The molecule has 0 atom stereocenters. The summed E-state index contributed by atoms with van der Waals surface area (Å²) in [6.45, 7) is 0. The standard InChI is InChI=1S/C56H35N/c1-3-15-39(16-4-1)56(40-17-5-2-6-18-40)50-25-13-11-23-46(50)54-51(56)34-33-48-53(54)47-24-12-14-26-52(47)57-55(48)37-29-27-36(28-30-37)38-31-32-45-43-21-8-7-19-41(43)42-20-9-10-22-44(42)49(45)35-38/h1-35H. The lowest BCUT2D eigenvalue weighted by atomic mass is 9.67. The molecule has 0 saturated heterocycles. The maximum absolute atomic E-state index is 5.41. The van der Waals surface area contributed by atoms with Gasteiger partial charge in [0, 0.05) is 21.7 Å². The van der Waals surface area contributed by atoms with Crippen LogP contribution in [0.3, 0.4) is 0 Å². The van der Waals surface area contributed by atoms with E-state index in [1.165, 1.54) is 87.6 Å². The molecule has 0 bridgehead atoms. The number of nitrogens with zero attached hydrogens (tertiary/aromatic N) is 1. The molecular formula is C56H35N. The van der Waals surface area contributed by atoms with Gasteiger partial charge in [-0.05, 0) is 89.0 Å². The lowest BCUT2D eigenvalue weighted by Crippen LogP contribution is -2.28. The van der Waals surface area contributed by atoms with Crippen LogP contribution in [0, 0.1) is 0 Å². The van der Waals surface area contributed by atoms with Gasteiger partial charge in [-0.3, -0.25) is 0 Å². The van der Waals surface area contributed by atoms with Crippen molar-refractivity contribution in [3.05, 3.63) is 235 Å². The molecule has 0 amide bonds. The fourth-order valence-electron chi connectivity index (χ4n) is 10.1. The SMILES string of the molecule is c1ccc(C2(c3ccccc3)c3ccccc3-c3c2ccc2c(-c4ccc(-c5ccc6c7ccccc7c7ccccc7c6c5)cc4)nc4ccccc4c32)cc1. The number of hydrogen-bond acceptors (Lipinski definition) is 1. The van der Waals surface area contributed by atoms with Gasteiger partial charge >= 0.3 is 0 Å². The smallest absolute Gasteiger partial charge is 0.0788 e. The third-order valence-electron chi connectivity index (χ3n) is 12.5. The molecule has 57 heavy (non-hydrogen) atoms. The normalized spacial score (nSPS) is 13.1. The molecule has 1 nitrogen and oxygen atoms in total. The minimum Gasteiger partial charge on any atom is -0.247 e. The van der Waals surface area contributed by atoms with Crippen molar-refractivity contribution >= 4 is 54.0 Å². The quantitative estimate of drug-likeness (QED) is 0.165. The summed E-state index contributed by atoms with van der Waals surface area (Å²) >= 11 is 0. The zero-order valence-electron chi connectivity index (χ0n) is 31.2. The van der Waals surface area contributed by atoms with E-state index in [1.807, 2.05) is 0 Å². The lowest BCUT2D eigenvalue weighted by Gasteiger charge is -2.34. The van der Waals surface area contributed by atoms with Gasteiger partial charge in [-0.1, -0.05) is 200 Å². The van der Waals surface area contributed by atoms with E-state index in [2.05, 4.69) is 212 Å². The Morgan fingerprint density at radius 3 is 1.47 bits per heavy atom. The zero-order valence-corrected chi connectivity index (χ0v) is 31.2. The predicted molar refractivity (Wildman–Crippen MR) is 240 cm³/mol. The van der Waals surface area contributed by atoms with Gasteiger partial charge < -0.3 is 0 Å². The van der Waals surface area contributed by atoms with Crippen LogP contribution in [-0.2, 0) is 5.41 Å². The van der Waals surface area contributed by atoms with Gasteiger partial charge in [0.25, 0.3) is 0 Å². The number of para-hydroxylation sites is 1. The van der Waals surface area contributed by atoms with Crippen molar-refractivity contribution in [2.75, 3.05) is 0 Å². The van der Waals surface area contributed by atoms with Crippen molar-refractivity contribution in [1.29, 1.82) is 0 Å². The number of hydrogen-bond donors (Lipinski definition) is 0. The van der Waals surface area contributed by atoms with Gasteiger partial charge in [0.15, 0.2) is 0 Å². The van der Waals surface area contributed by atoms with Crippen molar-refractivity contribution in [2.45, 2.75) is 5.41 Å². The molecule has 0 spiro atoms. The van der Waals surface area contributed by atoms with E-state index in [0.717, 1.165) is 22.2 Å². The van der Waals surface area contributed by atoms with Gasteiger partial charge in [0.1, 0.15) is 0 Å². The highest BCUT2D eigenvalue weighted by Gasteiger charge is 2.46. The third-order valence-corrected chi connectivity index (χ3v) is 12.5. The van der Waals surface area contributed by atoms with Crippen LogP contribution >= 0.6 is 0 Å². The van der Waals surface area contributed by atoms with Crippen molar-refractivity contribution in [3.63, 3.8) is 0 Å². The van der Waals surface area contributed by atoms with Crippen LogP contribution in [-0.4, -0.2) is 4.98 Å². The summed E-state index contributed by atoms with van der Waals surface area (Å²) in [4.78, 5) is 5.41. The lowest BCUT2D eigenvalue weighted by molar-refractivity contribution is 0.769. The molecule has 1 aromatic heterocycles. The summed E-state index contributed by atoms with van der Waals surface area (Å²) in [5.41, 5.74) is 12.8. The van der Waals surface area contributed by atoms with E-state index in [0.29, 0.717) is 0 Å². The Morgan fingerprint density at radius 2 is 0.807 bits per heavy atom. The van der Waals surface area contributed by atoms with Crippen LogP contribution in [0.15, 0.2) is 212 Å². The molecule has 0 radical (unpaired) electrons. The maximum Gasteiger partial charge on any atom is 0.0788 e. The molecular weight excluding hydrogens is 687 g/mol. The maximum atomic E-state index is 5.41. The molecule has 12 rings (SSSR count). The highest BCUT2D eigenvalue weighted by molar-refractivity contribution is 6.26. The molecule has 0 unspecified atom stereocenters. The largest absolute Gasteiger partial charge is 0.247 e. The number of pyridine rings is 1. The molecule has 1 heteroatoms. The summed E-state index contributed by atoms with van der Waals surface area (Å²) in [5.74, 6) is 0. The van der Waals surface area contributed by atoms with Crippen LogP contribution in [0.5, 0.6) is 0 Å². The van der Waals surface area contributed by atoms with E-state index < -0.39 is 5.41 Å². The van der Waals surface area contributed by atoms with Crippen LogP contribution in [0.4, 0.5) is 0 Å². The van der Waals surface area contributed by atoms with Crippen molar-refractivity contribution in [3.8, 4) is 33.5 Å². The Kier molecular flexibility index (Phi) is 6.91. The first-order valence-corrected chi connectivity index (χ1v) is 19.8. The molecule has 1 heterocycles. The second kappa shape index (κ2) is 12.3. The molecule has 0 fully saturated rings. The zero-order chi connectivity index (χ0) is 37.5. The first kappa shape index (κ1) is 31.9. The number of benzene rings is 10. The van der Waals surface area contributed by atoms with Gasteiger partial charge in [-0.15, -0.1) is 0 Å². The summed E-state index contributed by atoms with van der Waals surface area (Å²) in [6, 6.07) is 78.1. The van der Waals surface area contributed by atoms with Crippen molar-refractivity contribution < 1.29 is 0 Å². The Balaban J connectivity index is 1.07. The van der Waals surface area contributed by atoms with Gasteiger partial charge in [-0.2, -0.15) is 0 Å². The minimum atomic E-state index is -0.466. The van der Waals surface area contributed by atoms with E-state index in [1.54, 1.807) is 0 Å². The third kappa shape index (κ3) is 4.54.